The number of halogens is 1. The Labute approximate surface area is 170 Å². The maximum atomic E-state index is 4.61. The molecule has 0 radical (unpaired) electrons. The number of H-pyrrole nitrogens is 1. The van der Waals surface area contributed by atoms with E-state index in [1.54, 1.807) is 6.20 Å². The highest BCUT2D eigenvalue weighted by atomic mass is 127. The van der Waals surface area contributed by atoms with Crippen molar-refractivity contribution in [2.75, 3.05) is 13.1 Å². The van der Waals surface area contributed by atoms with Crippen LogP contribution in [0.3, 0.4) is 0 Å². The number of hydrogen-bond donors (Lipinski definition) is 3. The second kappa shape index (κ2) is 10.1. The molecule has 7 nitrogen and oxygen atoms in total. The van der Waals surface area contributed by atoms with Crippen molar-refractivity contribution in [1.29, 1.82) is 0 Å². The van der Waals surface area contributed by atoms with Crippen LogP contribution in [-0.2, 0) is 13.1 Å². The molecule has 140 valence electrons. The van der Waals surface area contributed by atoms with Gasteiger partial charge in [0.2, 0.25) is 0 Å². The van der Waals surface area contributed by atoms with Crippen molar-refractivity contribution < 1.29 is 0 Å². The normalized spacial score (nSPS) is 11.4. The van der Waals surface area contributed by atoms with Gasteiger partial charge in [-0.2, -0.15) is 5.10 Å². The zero-order valence-corrected chi connectivity index (χ0v) is 17.5. The summed E-state index contributed by atoms with van der Waals surface area (Å²) in [5, 5.41) is 13.5. The van der Waals surface area contributed by atoms with E-state index in [2.05, 4.69) is 67.4 Å². The lowest BCUT2D eigenvalue weighted by atomic mass is 10.3. The number of aliphatic imine (C=N–C) groups is 1. The van der Waals surface area contributed by atoms with Crippen molar-refractivity contribution in [3.05, 3.63) is 48.0 Å². The van der Waals surface area contributed by atoms with Gasteiger partial charge >= 0.3 is 0 Å². The molecule has 0 atom stereocenters. The molecule has 3 aromatic rings. The van der Waals surface area contributed by atoms with Crippen LogP contribution in [0.1, 0.15) is 24.9 Å². The predicted molar refractivity (Wildman–Crippen MR) is 116 cm³/mol. The number of guanidine groups is 1. The first-order chi connectivity index (χ1) is 12.3. The van der Waals surface area contributed by atoms with Gasteiger partial charge in [-0.05, 0) is 38.5 Å². The number of para-hydroxylation sites is 2. The Morgan fingerprint density at radius 2 is 2.08 bits per heavy atom. The van der Waals surface area contributed by atoms with Crippen molar-refractivity contribution in [2.45, 2.75) is 33.4 Å². The molecule has 0 amide bonds. The SMILES string of the molecule is CCNC(=NCc1ccn[nH]1)NCCCn1c(C)nc2ccccc21.I. The summed E-state index contributed by atoms with van der Waals surface area (Å²) in [7, 11) is 0. The summed E-state index contributed by atoms with van der Waals surface area (Å²) in [5.41, 5.74) is 3.25. The van der Waals surface area contributed by atoms with Gasteiger partial charge in [0.1, 0.15) is 5.82 Å². The van der Waals surface area contributed by atoms with E-state index < -0.39 is 0 Å². The molecule has 0 aliphatic heterocycles. The first-order valence-electron chi connectivity index (χ1n) is 8.70. The minimum Gasteiger partial charge on any atom is -0.357 e. The maximum absolute atomic E-state index is 4.61. The second-order valence-corrected chi connectivity index (χ2v) is 5.86. The number of aromatic amines is 1. The number of fused-ring (bicyclic) bond motifs is 1. The zero-order valence-electron chi connectivity index (χ0n) is 15.2. The Kier molecular flexibility index (Phi) is 7.89. The average molecular weight is 467 g/mol. The van der Waals surface area contributed by atoms with Gasteiger partial charge in [-0.3, -0.25) is 5.10 Å². The Morgan fingerprint density at radius 1 is 1.23 bits per heavy atom. The quantitative estimate of drug-likeness (QED) is 0.216. The number of imidazole rings is 1. The second-order valence-electron chi connectivity index (χ2n) is 5.86. The van der Waals surface area contributed by atoms with Crippen molar-refractivity contribution in [3.8, 4) is 0 Å². The minimum atomic E-state index is 0. The zero-order chi connectivity index (χ0) is 17.5. The molecule has 0 aliphatic rings. The molecule has 0 saturated heterocycles. The van der Waals surface area contributed by atoms with Crippen LogP contribution in [0.5, 0.6) is 0 Å². The van der Waals surface area contributed by atoms with E-state index in [9.17, 15) is 0 Å². The van der Waals surface area contributed by atoms with E-state index >= 15 is 0 Å². The van der Waals surface area contributed by atoms with E-state index in [4.69, 9.17) is 0 Å². The first-order valence-corrected chi connectivity index (χ1v) is 8.70. The number of aromatic nitrogens is 4. The van der Waals surface area contributed by atoms with Gasteiger partial charge in [0.15, 0.2) is 5.96 Å². The van der Waals surface area contributed by atoms with Crippen LogP contribution in [-0.4, -0.2) is 38.8 Å². The topological polar surface area (TPSA) is 82.9 Å². The third-order valence-corrected chi connectivity index (χ3v) is 4.01. The summed E-state index contributed by atoms with van der Waals surface area (Å²) in [4.78, 5) is 9.17. The number of nitrogens with zero attached hydrogens (tertiary/aromatic N) is 4. The molecule has 3 rings (SSSR count). The fraction of sp³-hybridized carbons (Fsp3) is 0.389. The van der Waals surface area contributed by atoms with Crippen molar-refractivity contribution in [2.24, 2.45) is 4.99 Å². The van der Waals surface area contributed by atoms with Crippen molar-refractivity contribution >= 4 is 41.0 Å². The van der Waals surface area contributed by atoms with Gasteiger partial charge in [-0.1, -0.05) is 12.1 Å². The fourth-order valence-corrected chi connectivity index (χ4v) is 2.80. The summed E-state index contributed by atoms with van der Waals surface area (Å²) >= 11 is 0. The number of hydrogen-bond acceptors (Lipinski definition) is 3. The van der Waals surface area contributed by atoms with Gasteiger partial charge < -0.3 is 15.2 Å². The van der Waals surface area contributed by atoms with Crippen molar-refractivity contribution in [1.82, 2.24) is 30.4 Å². The van der Waals surface area contributed by atoms with Crippen LogP contribution in [0.2, 0.25) is 0 Å². The molecular weight excluding hydrogens is 441 g/mol. The summed E-state index contributed by atoms with van der Waals surface area (Å²) in [6.45, 7) is 7.32. The number of aryl methyl sites for hydroxylation is 2. The Balaban J connectivity index is 0.00000243. The molecule has 2 heterocycles. The Morgan fingerprint density at radius 3 is 2.85 bits per heavy atom. The van der Waals surface area contributed by atoms with Gasteiger partial charge in [-0.25, -0.2) is 9.98 Å². The molecule has 0 bridgehead atoms. The third-order valence-electron chi connectivity index (χ3n) is 4.01. The lowest BCUT2D eigenvalue weighted by Gasteiger charge is -2.12. The fourth-order valence-electron chi connectivity index (χ4n) is 2.80. The molecule has 26 heavy (non-hydrogen) atoms. The van der Waals surface area contributed by atoms with Crippen LogP contribution in [0.4, 0.5) is 0 Å². The molecule has 8 heteroatoms. The average Bonchev–Trinajstić information content (AvgIpc) is 3.24. The highest BCUT2D eigenvalue weighted by Crippen LogP contribution is 2.15. The number of benzene rings is 1. The lowest BCUT2D eigenvalue weighted by Crippen LogP contribution is -2.38. The standard InChI is InChI=1S/C18H25N7.HI/c1-3-19-18(21-13-15-9-11-22-24-15)20-10-6-12-25-14(2)23-16-7-4-5-8-17(16)25;/h4-5,7-9,11H,3,6,10,12-13H2,1-2H3,(H,22,24)(H2,19,20,21);1H. The monoisotopic (exact) mass is 467 g/mol. The molecular formula is C18H26IN7. The summed E-state index contributed by atoms with van der Waals surface area (Å²) in [5.74, 6) is 1.88. The first kappa shape index (κ1) is 20.2. The number of nitrogens with one attached hydrogen (secondary N) is 3. The molecule has 0 aliphatic carbocycles. The summed E-state index contributed by atoms with van der Waals surface area (Å²) in [6, 6.07) is 10.2. The molecule has 0 fully saturated rings. The molecule has 0 saturated carbocycles. The van der Waals surface area contributed by atoms with Gasteiger partial charge in [0, 0.05) is 25.8 Å². The Hall–Kier alpha value is -2.10. The van der Waals surface area contributed by atoms with E-state index in [0.717, 1.165) is 49.0 Å². The van der Waals surface area contributed by atoms with Crippen molar-refractivity contribution in [3.63, 3.8) is 0 Å². The highest BCUT2D eigenvalue weighted by molar-refractivity contribution is 14.0. The molecule has 1 aromatic carbocycles. The van der Waals surface area contributed by atoms with Crippen LogP contribution in [0, 0.1) is 6.92 Å². The smallest absolute Gasteiger partial charge is 0.191 e. The minimum absolute atomic E-state index is 0. The van der Waals surface area contributed by atoms with Gasteiger partial charge in [0.05, 0.1) is 23.3 Å². The third kappa shape index (κ3) is 5.20. The van der Waals surface area contributed by atoms with Crippen LogP contribution < -0.4 is 10.6 Å². The summed E-state index contributed by atoms with van der Waals surface area (Å²) in [6.07, 6.45) is 2.73. The molecule has 0 unspecified atom stereocenters. The van der Waals surface area contributed by atoms with E-state index in [-0.39, 0.29) is 24.0 Å². The predicted octanol–water partition coefficient (Wildman–Crippen LogP) is 2.83. The van der Waals surface area contributed by atoms with E-state index in [1.165, 1.54) is 5.52 Å². The highest BCUT2D eigenvalue weighted by Gasteiger charge is 2.06. The van der Waals surface area contributed by atoms with Crippen LogP contribution in [0.15, 0.2) is 41.5 Å². The van der Waals surface area contributed by atoms with Crippen LogP contribution in [0.25, 0.3) is 11.0 Å². The molecule has 2 aromatic heterocycles. The summed E-state index contributed by atoms with van der Waals surface area (Å²) < 4.78 is 2.27. The molecule has 3 N–H and O–H groups in total. The maximum Gasteiger partial charge on any atom is 0.191 e. The van der Waals surface area contributed by atoms with Gasteiger partial charge in [-0.15, -0.1) is 24.0 Å². The van der Waals surface area contributed by atoms with E-state index in [0.29, 0.717) is 6.54 Å². The Bertz CT molecular complexity index is 823. The number of rotatable bonds is 7. The lowest BCUT2D eigenvalue weighted by molar-refractivity contribution is 0.624. The molecule has 0 spiro atoms. The largest absolute Gasteiger partial charge is 0.357 e. The van der Waals surface area contributed by atoms with Crippen LogP contribution >= 0.6 is 24.0 Å². The van der Waals surface area contributed by atoms with Gasteiger partial charge in [0.25, 0.3) is 0 Å². The van der Waals surface area contributed by atoms with E-state index in [1.807, 2.05) is 12.1 Å².